The van der Waals surface area contributed by atoms with Gasteiger partial charge in [-0.15, -0.1) is 11.3 Å². The zero-order valence-electron chi connectivity index (χ0n) is 11.6. The molecule has 8 heteroatoms. The first-order chi connectivity index (χ1) is 9.33. The highest BCUT2D eigenvalue weighted by Gasteiger charge is 2.19. The third kappa shape index (κ3) is 3.09. The van der Waals surface area contributed by atoms with Gasteiger partial charge in [0.05, 0.1) is 12.2 Å². The van der Waals surface area contributed by atoms with Gasteiger partial charge in [-0.05, 0) is 32.4 Å². The molecule has 0 saturated carbocycles. The van der Waals surface area contributed by atoms with Crippen LogP contribution in [0.15, 0.2) is 14.7 Å². The van der Waals surface area contributed by atoms with Crippen LogP contribution >= 0.6 is 11.3 Å². The Morgan fingerprint density at radius 1 is 1.40 bits per heavy atom. The third-order valence-corrected chi connectivity index (χ3v) is 6.07. The Labute approximate surface area is 122 Å². The van der Waals surface area contributed by atoms with Gasteiger partial charge in [-0.3, -0.25) is 0 Å². The van der Waals surface area contributed by atoms with Gasteiger partial charge in [0.25, 0.3) is 10.0 Å². The summed E-state index contributed by atoms with van der Waals surface area (Å²) >= 11 is 1.18. The minimum absolute atomic E-state index is 0.0337. The summed E-state index contributed by atoms with van der Waals surface area (Å²) < 4.78 is 32.4. The fourth-order valence-corrected chi connectivity index (χ4v) is 4.15. The lowest BCUT2D eigenvalue weighted by Gasteiger charge is -2.01. The molecule has 0 aliphatic rings. The van der Waals surface area contributed by atoms with Crippen molar-refractivity contribution >= 4 is 21.4 Å². The summed E-state index contributed by atoms with van der Waals surface area (Å²) in [6, 6.07) is 1.63. The minimum Gasteiger partial charge on any atom is -0.444 e. The quantitative estimate of drug-likeness (QED) is 0.873. The molecule has 0 spiro atoms. The smallest absolute Gasteiger partial charge is 0.250 e. The molecule has 3 N–H and O–H groups in total. The lowest BCUT2D eigenvalue weighted by Crippen LogP contribution is -2.22. The van der Waals surface area contributed by atoms with E-state index in [1.54, 1.807) is 13.0 Å². The van der Waals surface area contributed by atoms with E-state index in [4.69, 9.17) is 10.2 Å². The fourth-order valence-electron chi connectivity index (χ4n) is 1.67. The molecule has 0 aliphatic heterocycles. The number of nitrogens with zero attached hydrogens (tertiary/aromatic N) is 1. The maximum Gasteiger partial charge on any atom is 0.250 e. The highest BCUT2D eigenvalue weighted by Crippen LogP contribution is 2.25. The van der Waals surface area contributed by atoms with Gasteiger partial charge < -0.3 is 10.2 Å². The molecule has 20 heavy (non-hydrogen) atoms. The Morgan fingerprint density at radius 2 is 2.10 bits per heavy atom. The molecule has 110 valence electrons. The molecule has 2 aromatic rings. The monoisotopic (exact) mass is 315 g/mol. The minimum atomic E-state index is -3.56. The lowest BCUT2D eigenvalue weighted by molar-refractivity contribution is 0.463. The number of sulfonamides is 1. The molecule has 0 amide bonds. The Kier molecular flexibility index (Phi) is 4.28. The molecule has 0 saturated heterocycles. The van der Waals surface area contributed by atoms with E-state index >= 15 is 0 Å². The number of hydrogen-bond acceptors (Lipinski definition) is 6. The Hall–Kier alpha value is -1.22. The summed E-state index contributed by atoms with van der Waals surface area (Å²) in [4.78, 5) is 5.00. The van der Waals surface area contributed by atoms with Crippen LogP contribution in [0, 0.1) is 20.8 Å². The molecule has 6 nitrogen and oxygen atoms in total. The van der Waals surface area contributed by atoms with E-state index in [-0.39, 0.29) is 10.8 Å². The van der Waals surface area contributed by atoms with Crippen LogP contribution in [0.25, 0.3) is 0 Å². The molecule has 0 fully saturated rings. The predicted molar refractivity (Wildman–Crippen MR) is 76.9 cm³/mol. The van der Waals surface area contributed by atoms with Crippen molar-refractivity contribution in [3.05, 3.63) is 33.9 Å². The molecule has 0 aliphatic carbocycles. The summed E-state index contributed by atoms with van der Waals surface area (Å²) in [5, 5.41) is 0. The molecule has 0 unspecified atom stereocenters. The Morgan fingerprint density at radius 3 is 2.60 bits per heavy atom. The zero-order valence-corrected chi connectivity index (χ0v) is 13.2. The number of aromatic nitrogens is 1. The van der Waals surface area contributed by atoms with Crippen LogP contribution in [0.1, 0.15) is 27.8 Å². The van der Waals surface area contributed by atoms with Crippen molar-refractivity contribution in [1.82, 2.24) is 9.71 Å². The van der Waals surface area contributed by atoms with E-state index in [1.165, 1.54) is 11.3 Å². The highest BCUT2D eigenvalue weighted by molar-refractivity contribution is 7.91. The number of nitrogens with two attached hydrogens (primary N) is 1. The van der Waals surface area contributed by atoms with E-state index in [1.807, 2.05) is 13.8 Å². The first-order valence-corrected chi connectivity index (χ1v) is 8.35. The summed E-state index contributed by atoms with van der Waals surface area (Å²) in [6.45, 7) is 5.82. The second-order valence-electron chi connectivity index (χ2n) is 4.45. The van der Waals surface area contributed by atoms with E-state index in [0.29, 0.717) is 18.2 Å². The zero-order chi connectivity index (χ0) is 14.9. The highest BCUT2D eigenvalue weighted by atomic mass is 32.2. The van der Waals surface area contributed by atoms with Crippen molar-refractivity contribution in [3.63, 3.8) is 0 Å². The van der Waals surface area contributed by atoms with Crippen LogP contribution in [-0.4, -0.2) is 13.4 Å². The second kappa shape index (κ2) is 5.65. The second-order valence-corrected chi connectivity index (χ2v) is 7.58. The van der Waals surface area contributed by atoms with E-state index in [9.17, 15) is 8.42 Å². The van der Waals surface area contributed by atoms with Gasteiger partial charge in [0.15, 0.2) is 0 Å². The van der Waals surface area contributed by atoms with Crippen molar-refractivity contribution in [2.45, 2.75) is 38.1 Å². The van der Waals surface area contributed by atoms with Gasteiger partial charge in [0.1, 0.15) is 9.97 Å². The van der Waals surface area contributed by atoms with Crippen LogP contribution in [0.4, 0.5) is 0 Å². The predicted octanol–water partition coefficient (Wildman–Crippen LogP) is 1.60. The first kappa shape index (κ1) is 15.2. The maximum atomic E-state index is 12.2. The Balaban J connectivity index is 2.14. The van der Waals surface area contributed by atoms with Crippen LogP contribution in [0.5, 0.6) is 0 Å². The summed E-state index contributed by atoms with van der Waals surface area (Å²) in [5.74, 6) is 1.05. The van der Waals surface area contributed by atoms with Crippen molar-refractivity contribution in [2.75, 3.05) is 0 Å². The summed E-state index contributed by atoms with van der Waals surface area (Å²) in [5.41, 5.74) is 7.21. The fraction of sp³-hybridized carbons (Fsp3) is 0.417. The van der Waals surface area contributed by atoms with Crippen molar-refractivity contribution in [2.24, 2.45) is 5.73 Å². The number of aryl methyl sites for hydroxylation is 3. The molecular formula is C12H17N3O3S2. The van der Waals surface area contributed by atoms with Gasteiger partial charge in [-0.25, -0.2) is 18.1 Å². The molecule has 0 radical (unpaired) electrons. The van der Waals surface area contributed by atoms with Crippen LogP contribution in [-0.2, 0) is 23.1 Å². The number of nitrogens with one attached hydrogen (secondary N) is 1. The van der Waals surface area contributed by atoms with Crippen LogP contribution in [0.2, 0.25) is 0 Å². The average Bonchev–Trinajstić information content (AvgIpc) is 2.91. The van der Waals surface area contributed by atoms with E-state index in [0.717, 1.165) is 16.1 Å². The van der Waals surface area contributed by atoms with Crippen LogP contribution < -0.4 is 10.5 Å². The van der Waals surface area contributed by atoms with Gasteiger partial charge in [0.2, 0.25) is 5.89 Å². The Bertz CT molecular complexity index is 697. The van der Waals surface area contributed by atoms with E-state index in [2.05, 4.69) is 9.71 Å². The molecular weight excluding hydrogens is 298 g/mol. The van der Waals surface area contributed by atoms with Gasteiger partial charge in [-0.1, -0.05) is 0 Å². The average molecular weight is 315 g/mol. The van der Waals surface area contributed by atoms with Crippen LogP contribution in [0.3, 0.4) is 0 Å². The molecule has 0 bridgehead atoms. The SMILES string of the molecule is Cc1cc(S(=O)(=O)NCc2nc(C)c(C)o2)sc1CN. The maximum absolute atomic E-state index is 12.2. The largest absolute Gasteiger partial charge is 0.444 e. The summed E-state index contributed by atoms with van der Waals surface area (Å²) in [7, 11) is -3.56. The van der Waals surface area contributed by atoms with Crippen molar-refractivity contribution < 1.29 is 12.8 Å². The molecule has 2 aromatic heterocycles. The molecule has 0 aromatic carbocycles. The number of oxazole rings is 1. The lowest BCUT2D eigenvalue weighted by atomic mass is 10.3. The van der Waals surface area contributed by atoms with Gasteiger partial charge >= 0.3 is 0 Å². The molecule has 0 atom stereocenters. The van der Waals surface area contributed by atoms with Gasteiger partial charge in [-0.2, -0.15) is 0 Å². The number of rotatable bonds is 5. The topological polar surface area (TPSA) is 98.2 Å². The molecule has 2 rings (SSSR count). The normalized spacial score (nSPS) is 12.0. The standard InChI is InChI=1S/C12H17N3O3S2/c1-7-4-12(19-10(7)5-13)20(16,17)14-6-11-15-8(2)9(3)18-11/h4,14H,5-6,13H2,1-3H3. The van der Waals surface area contributed by atoms with Gasteiger partial charge in [0, 0.05) is 11.4 Å². The van der Waals surface area contributed by atoms with Crippen molar-refractivity contribution in [3.8, 4) is 0 Å². The first-order valence-electron chi connectivity index (χ1n) is 6.05. The summed E-state index contributed by atoms with van der Waals surface area (Å²) in [6.07, 6.45) is 0. The number of thiophene rings is 1. The molecule has 2 heterocycles. The van der Waals surface area contributed by atoms with Crippen molar-refractivity contribution in [1.29, 1.82) is 0 Å². The van der Waals surface area contributed by atoms with E-state index < -0.39 is 10.0 Å². The number of hydrogen-bond donors (Lipinski definition) is 2. The third-order valence-electron chi connectivity index (χ3n) is 2.93.